The predicted octanol–water partition coefficient (Wildman–Crippen LogP) is 1.10. The maximum Gasteiger partial charge on any atom is 0.226 e. The van der Waals surface area contributed by atoms with E-state index in [4.69, 9.17) is 5.84 Å². The van der Waals surface area contributed by atoms with Gasteiger partial charge in [-0.15, -0.1) is 0 Å². The third kappa shape index (κ3) is 2.16. The van der Waals surface area contributed by atoms with Crippen LogP contribution in [0.25, 0.3) is 11.0 Å². The van der Waals surface area contributed by atoms with Crippen molar-refractivity contribution in [1.82, 2.24) is 14.5 Å². The quantitative estimate of drug-likeness (QED) is 0.612. The molecular weight excluding hydrogens is 216 g/mol. The van der Waals surface area contributed by atoms with Crippen LogP contribution in [-0.2, 0) is 7.05 Å². The molecule has 0 unspecified atom stereocenters. The van der Waals surface area contributed by atoms with Gasteiger partial charge in [-0.05, 0) is 12.5 Å². The maximum atomic E-state index is 5.79. The number of rotatable bonds is 4. The molecule has 0 aliphatic heterocycles. The number of fused-ring (bicyclic) bond motifs is 1. The lowest BCUT2D eigenvalue weighted by Gasteiger charge is -2.14. The van der Waals surface area contributed by atoms with Crippen LogP contribution in [0.5, 0.6) is 0 Å². The summed E-state index contributed by atoms with van der Waals surface area (Å²) in [6.45, 7) is 2.95. The molecule has 0 atom stereocenters. The summed E-state index contributed by atoms with van der Waals surface area (Å²) in [5.74, 6) is 7.14. The van der Waals surface area contributed by atoms with Crippen molar-refractivity contribution in [2.24, 2.45) is 12.9 Å². The fourth-order valence-corrected chi connectivity index (χ4v) is 1.71. The lowest BCUT2D eigenvalue weighted by Crippen LogP contribution is -2.26. The lowest BCUT2D eigenvalue weighted by atomic mass is 10.3. The summed E-state index contributed by atoms with van der Waals surface area (Å²) in [5.41, 5.74) is 0.880. The van der Waals surface area contributed by atoms with Crippen molar-refractivity contribution in [3.63, 3.8) is 0 Å². The molecule has 0 fully saturated rings. The maximum absolute atomic E-state index is 5.79. The van der Waals surface area contributed by atoms with Gasteiger partial charge < -0.3 is 9.88 Å². The average Bonchev–Trinajstić information content (AvgIpc) is 2.67. The van der Waals surface area contributed by atoms with Gasteiger partial charge in [0.05, 0.1) is 5.39 Å². The molecule has 0 aromatic carbocycles. The smallest absolute Gasteiger partial charge is 0.226 e. The Morgan fingerprint density at radius 1 is 1.47 bits per heavy atom. The Labute approximate surface area is 100 Å². The van der Waals surface area contributed by atoms with E-state index in [2.05, 4.69) is 22.2 Å². The highest BCUT2D eigenvalue weighted by Crippen LogP contribution is 2.23. The number of nitrogens with zero attached hydrogens (tertiary/aromatic N) is 4. The van der Waals surface area contributed by atoms with E-state index < -0.39 is 0 Å². The van der Waals surface area contributed by atoms with Crippen molar-refractivity contribution in [1.29, 1.82) is 0 Å². The number of anilines is 2. The number of nitrogens with one attached hydrogen (secondary N) is 1. The first kappa shape index (κ1) is 11.7. The van der Waals surface area contributed by atoms with Crippen LogP contribution in [0.2, 0.25) is 0 Å². The Balaban J connectivity index is 2.52. The molecule has 2 heterocycles. The van der Waals surface area contributed by atoms with Gasteiger partial charge in [-0.3, -0.25) is 5.01 Å². The van der Waals surface area contributed by atoms with E-state index in [9.17, 15) is 0 Å². The molecule has 0 saturated heterocycles. The van der Waals surface area contributed by atoms with E-state index >= 15 is 0 Å². The van der Waals surface area contributed by atoms with Crippen molar-refractivity contribution in [2.45, 2.75) is 13.3 Å². The molecule has 0 aliphatic rings. The Morgan fingerprint density at radius 3 is 2.88 bits per heavy atom. The summed E-state index contributed by atoms with van der Waals surface area (Å²) in [5, 5.41) is 5.65. The molecule has 0 radical (unpaired) electrons. The minimum absolute atomic E-state index is 0.619. The van der Waals surface area contributed by atoms with Gasteiger partial charge in [0.1, 0.15) is 5.65 Å². The molecule has 3 N–H and O–H groups in total. The summed E-state index contributed by atoms with van der Waals surface area (Å²) in [6.07, 6.45) is 2.98. The summed E-state index contributed by atoms with van der Waals surface area (Å²) in [4.78, 5) is 8.89. The SMILES string of the molecule is CCCNc1nc(N(C)N)c2ccn(C)c2n1. The van der Waals surface area contributed by atoms with Gasteiger partial charge in [-0.25, -0.2) is 5.84 Å². The van der Waals surface area contributed by atoms with Gasteiger partial charge in [-0.1, -0.05) is 6.92 Å². The molecule has 0 amide bonds. The van der Waals surface area contributed by atoms with Gasteiger partial charge in [0.15, 0.2) is 5.82 Å². The fraction of sp³-hybridized carbons (Fsp3) is 0.455. The summed E-state index contributed by atoms with van der Waals surface area (Å²) >= 11 is 0. The van der Waals surface area contributed by atoms with Crippen molar-refractivity contribution in [3.05, 3.63) is 12.3 Å². The van der Waals surface area contributed by atoms with E-state index in [1.807, 2.05) is 23.9 Å². The van der Waals surface area contributed by atoms with Crippen LogP contribution in [0.4, 0.5) is 11.8 Å². The van der Waals surface area contributed by atoms with Gasteiger partial charge in [0, 0.05) is 26.8 Å². The molecule has 0 aliphatic carbocycles. The number of nitrogens with two attached hydrogens (primary N) is 1. The van der Waals surface area contributed by atoms with E-state index in [1.54, 1.807) is 7.05 Å². The largest absolute Gasteiger partial charge is 0.354 e. The van der Waals surface area contributed by atoms with Crippen molar-refractivity contribution in [2.75, 3.05) is 23.9 Å². The summed E-state index contributed by atoms with van der Waals surface area (Å²) < 4.78 is 1.96. The zero-order valence-electron chi connectivity index (χ0n) is 10.4. The Bertz CT molecular complexity index is 516. The van der Waals surface area contributed by atoms with Crippen LogP contribution in [0.15, 0.2) is 12.3 Å². The lowest BCUT2D eigenvalue weighted by molar-refractivity contribution is 0.915. The van der Waals surface area contributed by atoms with Crippen LogP contribution in [0.1, 0.15) is 13.3 Å². The van der Waals surface area contributed by atoms with Crippen LogP contribution in [-0.4, -0.2) is 28.1 Å². The van der Waals surface area contributed by atoms with Gasteiger partial charge in [-0.2, -0.15) is 9.97 Å². The highest BCUT2D eigenvalue weighted by molar-refractivity contribution is 5.88. The van der Waals surface area contributed by atoms with Crippen molar-refractivity contribution < 1.29 is 0 Å². The van der Waals surface area contributed by atoms with Gasteiger partial charge in [0.2, 0.25) is 5.95 Å². The molecule has 92 valence electrons. The third-order valence-electron chi connectivity index (χ3n) is 2.57. The van der Waals surface area contributed by atoms with E-state index in [0.29, 0.717) is 5.95 Å². The first-order valence-electron chi connectivity index (χ1n) is 5.69. The molecule has 17 heavy (non-hydrogen) atoms. The Kier molecular flexibility index (Phi) is 3.14. The van der Waals surface area contributed by atoms with Crippen LogP contribution >= 0.6 is 0 Å². The molecule has 6 heteroatoms. The minimum atomic E-state index is 0.619. The summed E-state index contributed by atoms with van der Waals surface area (Å²) in [6, 6.07) is 1.97. The predicted molar refractivity (Wildman–Crippen MR) is 69.9 cm³/mol. The minimum Gasteiger partial charge on any atom is -0.354 e. The second kappa shape index (κ2) is 4.58. The molecule has 0 saturated carbocycles. The average molecular weight is 234 g/mol. The first-order valence-corrected chi connectivity index (χ1v) is 5.69. The van der Waals surface area contributed by atoms with Gasteiger partial charge in [0.25, 0.3) is 0 Å². The first-order chi connectivity index (χ1) is 8.13. The number of hydrogen-bond acceptors (Lipinski definition) is 5. The number of aromatic nitrogens is 3. The zero-order chi connectivity index (χ0) is 12.4. The molecule has 2 aromatic rings. The van der Waals surface area contributed by atoms with Crippen LogP contribution < -0.4 is 16.2 Å². The zero-order valence-corrected chi connectivity index (χ0v) is 10.4. The molecular formula is C11H18N6. The van der Waals surface area contributed by atoms with Gasteiger partial charge >= 0.3 is 0 Å². The number of hydrazine groups is 1. The molecule has 2 aromatic heterocycles. The monoisotopic (exact) mass is 234 g/mol. The van der Waals surface area contributed by atoms with E-state index in [1.165, 1.54) is 5.01 Å². The Hall–Kier alpha value is -1.82. The van der Waals surface area contributed by atoms with E-state index in [0.717, 1.165) is 29.8 Å². The highest BCUT2D eigenvalue weighted by Gasteiger charge is 2.11. The van der Waals surface area contributed by atoms with Crippen molar-refractivity contribution >= 4 is 22.8 Å². The summed E-state index contributed by atoms with van der Waals surface area (Å²) in [7, 11) is 3.73. The second-order valence-corrected chi connectivity index (χ2v) is 4.07. The topological polar surface area (TPSA) is 72.0 Å². The fourth-order valence-electron chi connectivity index (χ4n) is 1.71. The normalized spacial score (nSPS) is 10.8. The van der Waals surface area contributed by atoms with Crippen LogP contribution in [0.3, 0.4) is 0 Å². The third-order valence-corrected chi connectivity index (χ3v) is 2.57. The molecule has 2 rings (SSSR count). The number of aryl methyl sites for hydroxylation is 1. The molecule has 0 spiro atoms. The van der Waals surface area contributed by atoms with Crippen molar-refractivity contribution in [3.8, 4) is 0 Å². The Morgan fingerprint density at radius 2 is 2.24 bits per heavy atom. The number of hydrogen-bond donors (Lipinski definition) is 2. The van der Waals surface area contributed by atoms with E-state index in [-0.39, 0.29) is 0 Å². The van der Waals surface area contributed by atoms with Crippen LogP contribution in [0, 0.1) is 0 Å². The molecule has 6 nitrogen and oxygen atoms in total. The molecule has 0 bridgehead atoms. The second-order valence-electron chi connectivity index (χ2n) is 4.07. The standard InChI is InChI=1S/C11H18N6/c1-4-6-13-11-14-9-8(5-7-16(9)2)10(15-11)17(3)12/h5,7H,4,6,12H2,1-3H3,(H,13,14,15). The highest BCUT2D eigenvalue weighted by atomic mass is 15.4.